The van der Waals surface area contributed by atoms with Crippen LogP contribution in [0.15, 0.2) is 30.1 Å². The highest BCUT2D eigenvalue weighted by molar-refractivity contribution is 5.51. The van der Waals surface area contributed by atoms with Gasteiger partial charge >= 0.3 is 0 Å². The first-order valence-electron chi connectivity index (χ1n) is 5.50. The fourth-order valence-electron chi connectivity index (χ4n) is 1.49. The van der Waals surface area contributed by atoms with E-state index in [-0.39, 0.29) is 0 Å². The van der Waals surface area contributed by atoms with E-state index in [1.165, 1.54) is 0 Å². The summed E-state index contributed by atoms with van der Waals surface area (Å²) in [6.07, 6.45) is 1.76. The summed E-state index contributed by atoms with van der Waals surface area (Å²) in [5, 5.41) is 9.84. The summed E-state index contributed by atoms with van der Waals surface area (Å²) < 4.78 is 5.07. The molecule has 0 heterocycles. The van der Waals surface area contributed by atoms with Crippen molar-refractivity contribution < 1.29 is 9.84 Å². The van der Waals surface area contributed by atoms with Crippen LogP contribution in [-0.2, 0) is 0 Å². The van der Waals surface area contributed by atoms with Gasteiger partial charge in [0.2, 0.25) is 0 Å². The van der Waals surface area contributed by atoms with E-state index in [1.807, 2.05) is 43.0 Å². The van der Waals surface area contributed by atoms with E-state index in [9.17, 15) is 5.11 Å². The zero-order valence-electron chi connectivity index (χ0n) is 10.1. The molecule has 1 aromatic rings. The van der Waals surface area contributed by atoms with Crippen molar-refractivity contribution in [2.24, 2.45) is 0 Å². The average Bonchev–Trinajstić information content (AvgIpc) is 2.31. The predicted molar refractivity (Wildman–Crippen MR) is 66.5 cm³/mol. The van der Waals surface area contributed by atoms with E-state index in [2.05, 4.69) is 0 Å². The van der Waals surface area contributed by atoms with Gasteiger partial charge in [0.05, 0.1) is 7.11 Å². The van der Waals surface area contributed by atoms with E-state index < -0.39 is 0 Å². The lowest BCUT2D eigenvalue weighted by atomic mass is 10.2. The molecule has 0 amide bonds. The maximum Gasteiger partial charge on any atom is 0.187 e. The minimum absolute atomic E-state index is 0.301. The summed E-state index contributed by atoms with van der Waals surface area (Å²) in [7, 11) is 1.64. The smallest absolute Gasteiger partial charge is 0.187 e. The number of nitrogens with zero attached hydrogens (tertiary/aromatic N) is 1. The van der Waals surface area contributed by atoms with Crippen molar-refractivity contribution >= 4 is 6.08 Å². The van der Waals surface area contributed by atoms with Gasteiger partial charge in [0.1, 0.15) is 5.75 Å². The zero-order chi connectivity index (χ0) is 12.0. The van der Waals surface area contributed by atoms with Gasteiger partial charge in [-0.15, -0.1) is 0 Å². The number of hydrogen-bond acceptors (Lipinski definition) is 3. The minimum atomic E-state index is 0.301. The lowest BCUT2D eigenvalue weighted by Gasteiger charge is -2.19. The van der Waals surface area contributed by atoms with Crippen LogP contribution in [0.4, 0.5) is 0 Å². The Morgan fingerprint density at radius 3 is 2.25 bits per heavy atom. The number of methoxy groups -OCH3 is 1. The molecule has 0 saturated carbocycles. The minimum Gasteiger partial charge on any atom is -0.497 e. The van der Waals surface area contributed by atoms with Gasteiger partial charge in [0.25, 0.3) is 0 Å². The third kappa shape index (κ3) is 3.19. The Bertz CT molecular complexity index is 339. The van der Waals surface area contributed by atoms with Crippen LogP contribution < -0.4 is 4.74 Å². The van der Waals surface area contributed by atoms with Crippen LogP contribution in [0.3, 0.4) is 0 Å². The van der Waals surface area contributed by atoms with Crippen molar-refractivity contribution in [3.8, 4) is 5.75 Å². The molecule has 0 atom stereocenters. The first kappa shape index (κ1) is 12.4. The molecule has 88 valence electrons. The first-order valence-corrected chi connectivity index (χ1v) is 5.50. The molecule has 0 radical (unpaired) electrons. The van der Waals surface area contributed by atoms with Gasteiger partial charge in [0, 0.05) is 19.2 Å². The lowest BCUT2D eigenvalue weighted by molar-refractivity contribution is 0.221. The van der Waals surface area contributed by atoms with Crippen LogP contribution in [0.5, 0.6) is 5.75 Å². The number of ether oxygens (including phenoxy) is 1. The standard InChI is InChI=1S/C13H19NO2/c1-4-14(5-2)13(15)10-11-6-8-12(16-3)9-7-11/h6-10,15H,4-5H2,1-3H3/b13-10-. The third-order valence-electron chi connectivity index (χ3n) is 2.50. The molecule has 3 heteroatoms. The van der Waals surface area contributed by atoms with E-state index in [0.717, 1.165) is 24.4 Å². The molecule has 0 aromatic heterocycles. The molecular weight excluding hydrogens is 202 g/mol. The summed E-state index contributed by atoms with van der Waals surface area (Å²) in [4.78, 5) is 1.89. The van der Waals surface area contributed by atoms with Gasteiger partial charge in [-0.3, -0.25) is 0 Å². The Hall–Kier alpha value is -1.64. The second kappa shape index (κ2) is 6.05. The summed E-state index contributed by atoms with van der Waals surface area (Å²) in [5.74, 6) is 1.12. The highest BCUT2D eigenvalue weighted by Crippen LogP contribution is 2.14. The van der Waals surface area contributed by atoms with Gasteiger partial charge in [0.15, 0.2) is 5.88 Å². The average molecular weight is 221 g/mol. The largest absolute Gasteiger partial charge is 0.497 e. The zero-order valence-corrected chi connectivity index (χ0v) is 10.1. The predicted octanol–water partition coefficient (Wildman–Crippen LogP) is 2.89. The van der Waals surface area contributed by atoms with Crippen molar-refractivity contribution in [3.05, 3.63) is 35.7 Å². The van der Waals surface area contributed by atoms with Crippen LogP contribution in [0, 0.1) is 0 Å². The SMILES string of the molecule is CCN(CC)/C(O)=C/c1ccc(OC)cc1. The monoisotopic (exact) mass is 221 g/mol. The summed E-state index contributed by atoms with van der Waals surface area (Å²) in [6, 6.07) is 7.58. The molecule has 1 aromatic carbocycles. The van der Waals surface area contributed by atoms with Gasteiger partial charge in [-0.25, -0.2) is 0 Å². The Balaban J connectivity index is 2.80. The van der Waals surface area contributed by atoms with E-state index in [4.69, 9.17) is 4.74 Å². The van der Waals surface area contributed by atoms with Crippen molar-refractivity contribution in [2.75, 3.05) is 20.2 Å². The molecule has 0 unspecified atom stereocenters. The van der Waals surface area contributed by atoms with Gasteiger partial charge in [-0.1, -0.05) is 12.1 Å². The number of hydrogen-bond donors (Lipinski definition) is 1. The molecule has 3 nitrogen and oxygen atoms in total. The van der Waals surface area contributed by atoms with Crippen LogP contribution in [0.2, 0.25) is 0 Å². The van der Waals surface area contributed by atoms with Crippen LogP contribution in [0.25, 0.3) is 6.08 Å². The number of rotatable bonds is 5. The highest BCUT2D eigenvalue weighted by Gasteiger charge is 2.02. The fourth-order valence-corrected chi connectivity index (χ4v) is 1.49. The maximum absolute atomic E-state index is 9.84. The summed E-state index contributed by atoms with van der Waals surface area (Å²) in [6.45, 7) is 5.63. The quantitative estimate of drug-likeness (QED) is 0.776. The van der Waals surface area contributed by atoms with Gasteiger partial charge < -0.3 is 14.7 Å². The van der Waals surface area contributed by atoms with Crippen LogP contribution >= 0.6 is 0 Å². The van der Waals surface area contributed by atoms with Crippen molar-refractivity contribution in [2.45, 2.75) is 13.8 Å². The fraction of sp³-hybridized carbons (Fsp3) is 0.385. The molecule has 0 fully saturated rings. The molecule has 1 rings (SSSR count). The first-order chi connectivity index (χ1) is 7.71. The Kier molecular flexibility index (Phi) is 4.70. The Labute approximate surface area is 97.0 Å². The second-order valence-corrected chi connectivity index (χ2v) is 3.45. The van der Waals surface area contributed by atoms with Crippen LogP contribution in [0.1, 0.15) is 19.4 Å². The normalized spacial score (nSPS) is 11.3. The summed E-state index contributed by atoms with van der Waals surface area (Å²) >= 11 is 0. The molecule has 0 aliphatic carbocycles. The third-order valence-corrected chi connectivity index (χ3v) is 2.50. The molecule has 0 spiro atoms. The molecule has 0 aliphatic heterocycles. The molecule has 0 bridgehead atoms. The molecule has 0 aliphatic rings. The second-order valence-electron chi connectivity index (χ2n) is 3.45. The topological polar surface area (TPSA) is 32.7 Å². The van der Waals surface area contributed by atoms with E-state index >= 15 is 0 Å². The summed E-state index contributed by atoms with van der Waals surface area (Å²) in [5.41, 5.74) is 0.963. The van der Waals surface area contributed by atoms with Crippen molar-refractivity contribution in [1.29, 1.82) is 0 Å². The number of aliphatic hydroxyl groups excluding tert-OH is 1. The lowest BCUT2D eigenvalue weighted by Crippen LogP contribution is -2.21. The van der Waals surface area contributed by atoms with Crippen LogP contribution in [-0.4, -0.2) is 30.2 Å². The maximum atomic E-state index is 9.84. The molecular formula is C13H19NO2. The highest BCUT2D eigenvalue weighted by atomic mass is 16.5. The van der Waals surface area contributed by atoms with E-state index in [1.54, 1.807) is 13.2 Å². The van der Waals surface area contributed by atoms with Gasteiger partial charge in [-0.05, 0) is 31.5 Å². The molecule has 1 N–H and O–H groups in total. The molecule has 16 heavy (non-hydrogen) atoms. The Morgan fingerprint density at radius 1 is 1.25 bits per heavy atom. The number of aliphatic hydroxyl groups is 1. The van der Waals surface area contributed by atoms with Crippen molar-refractivity contribution in [3.63, 3.8) is 0 Å². The van der Waals surface area contributed by atoms with Crippen molar-refractivity contribution in [1.82, 2.24) is 4.90 Å². The number of benzene rings is 1. The van der Waals surface area contributed by atoms with E-state index in [0.29, 0.717) is 5.88 Å². The molecule has 0 saturated heterocycles. The Morgan fingerprint density at radius 2 is 1.81 bits per heavy atom. The van der Waals surface area contributed by atoms with Gasteiger partial charge in [-0.2, -0.15) is 0 Å².